The Bertz CT molecular complexity index is 1310. The van der Waals surface area contributed by atoms with Crippen molar-refractivity contribution < 1.29 is 4.79 Å². The van der Waals surface area contributed by atoms with Crippen molar-refractivity contribution in [1.82, 2.24) is 0 Å². The minimum Gasteiger partial charge on any atom is -0.293 e. The van der Waals surface area contributed by atoms with Gasteiger partial charge in [-0.1, -0.05) is 139 Å². The summed E-state index contributed by atoms with van der Waals surface area (Å²) in [6.07, 6.45) is 0. The fourth-order valence-corrected chi connectivity index (χ4v) is 24.1. The summed E-state index contributed by atoms with van der Waals surface area (Å²) in [6, 6.07) is 13.7. The van der Waals surface area contributed by atoms with Gasteiger partial charge >= 0.3 is 0 Å². The topological polar surface area (TPSA) is 17.1 Å². The van der Waals surface area contributed by atoms with Gasteiger partial charge < -0.3 is 0 Å². The van der Waals surface area contributed by atoms with Gasteiger partial charge in [0, 0.05) is 10.0 Å². The van der Waals surface area contributed by atoms with E-state index in [1.165, 1.54) is 26.7 Å². The molecule has 0 saturated carbocycles. The fourth-order valence-electron chi connectivity index (χ4n) is 9.20. The SMILES string of the molecule is CC(C)[Si](c1c2cc(Br)ccc2c([Si](C(C)C)(C(C)C)C(C)C)c2c(C(=O)CBr)cccc12)(C(C)C)C(C)C. The second-order valence-corrected chi connectivity index (χ2v) is 26.7. The van der Waals surface area contributed by atoms with Gasteiger partial charge in [0.15, 0.2) is 5.78 Å². The van der Waals surface area contributed by atoms with E-state index in [0.29, 0.717) is 38.6 Å². The number of hydrogen-bond donors (Lipinski definition) is 0. The van der Waals surface area contributed by atoms with Crippen LogP contribution in [0.15, 0.2) is 40.9 Å². The van der Waals surface area contributed by atoms with Gasteiger partial charge in [-0.25, -0.2) is 0 Å². The molecule has 0 aliphatic rings. The molecule has 0 unspecified atom stereocenters. The number of halogens is 2. The predicted molar refractivity (Wildman–Crippen MR) is 189 cm³/mol. The van der Waals surface area contributed by atoms with E-state index in [1.807, 2.05) is 0 Å². The van der Waals surface area contributed by atoms with Crippen LogP contribution >= 0.6 is 31.9 Å². The lowest BCUT2D eigenvalue weighted by Crippen LogP contribution is -2.59. The van der Waals surface area contributed by atoms with Gasteiger partial charge in [0.05, 0.1) is 21.5 Å². The average molecular weight is 691 g/mol. The first-order chi connectivity index (χ1) is 18.1. The zero-order valence-electron chi connectivity index (χ0n) is 26.3. The molecule has 0 fully saturated rings. The molecule has 0 atom stereocenters. The van der Waals surface area contributed by atoms with Crippen molar-refractivity contribution in [3.8, 4) is 0 Å². The van der Waals surface area contributed by atoms with E-state index in [0.717, 1.165) is 10.0 Å². The lowest BCUT2D eigenvalue weighted by atomic mass is 9.97. The van der Waals surface area contributed by atoms with E-state index in [1.54, 1.807) is 5.19 Å². The first-order valence-corrected chi connectivity index (χ1v) is 21.3. The minimum atomic E-state index is -2.17. The number of carbonyl (C=O) groups excluding carboxylic acids is 1. The van der Waals surface area contributed by atoms with Crippen LogP contribution < -0.4 is 10.4 Å². The lowest BCUT2D eigenvalue weighted by Gasteiger charge is -2.48. The Morgan fingerprint density at radius 2 is 1.10 bits per heavy atom. The van der Waals surface area contributed by atoms with Crippen LogP contribution in [0.3, 0.4) is 0 Å². The molecule has 0 saturated heterocycles. The molecule has 0 amide bonds. The van der Waals surface area contributed by atoms with Gasteiger partial charge in [0.25, 0.3) is 0 Å². The van der Waals surface area contributed by atoms with Crippen molar-refractivity contribution in [1.29, 1.82) is 0 Å². The van der Waals surface area contributed by atoms with Crippen molar-refractivity contribution >= 4 is 85.7 Å². The number of carbonyl (C=O) groups is 1. The molecule has 0 radical (unpaired) electrons. The van der Waals surface area contributed by atoms with E-state index in [-0.39, 0.29) is 5.78 Å². The Kier molecular flexibility index (Phi) is 10.3. The van der Waals surface area contributed by atoms with Crippen molar-refractivity contribution in [3.63, 3.8) is 0 Å². The maximum absolute atomic E-state index is 13.7. The Morgan fingerprint density at radius 3 is 1.54 bits per heavy atom. The maximum Gasteiger partial charge on any atom is 0.173 e. The molecular weight excluding hydrogens is 640 g/mol. The van der Waals surface area contributed by atoms with Crippen molar-refractivity contribution in [2.75, 3.05) is 5.33 Å². The van der Waals surface area contributed by atoms with E-state index in [2.05, 4.69) is 151 Å². The Morgan fingerprint density at radius 1 is 0.641 bits per heavy atom. The van der Waals surface area contributed by atoms with Crippen molar-refractivity contribution in [2.45, 2.75) is 116 Å². The molecule has 0 aliphatic carbocycles. The third-order valence-electron chi connectivity index (χ3n) is 10.1. The molecule has 3 rings (SSSR count). The standard InChI is InChI=1S/C34H50Br2OSi2/c1-20(2)38(21(3)4,22(5)6)33-29-15-13-14-28(31(37)19-35)32(29)34(27-17-16-26(36)18-30(27)33)39(23(7)8,24(9)10)25(11)12/h13-18,20-25H,19H2,1-12H3. The molecule has 0 bridgehead atoms. The molecule has 0 N–H and O–H groups in total. The second kappa shape index (κ2) is 12.2. The van der Waals surface area contributed by atoms with Gasteiger partial charge in [0.2, 0.25) is 0 Å². The van der Waals surface area contributed by atoms with Gasteiger partial charge in [0.1, 0.15) is 0 Å². The zero-order valence-corrected chi connectivity index (χ0v) is 31.5. The highest BCUT2D eigenvalue weighted by molar-refractivity contribution is 9.10. The molecule has 3 aromatic rings. The molecule has 214 valence electrons. The van der Waals surface area contributed by atoms with Gasteiger partial charge in [-0.3, -0.25) is 4.79 Å². The first kappa shape index (κ1) is 32.8. The summed E-state index contributed by atoms with van der Waals surface area (Å²) >= 11 is 7.44. The number of Topliss-reactive ketones (excluding diaryl/α,β-unsaturated/α-hetero) is 1. The molecule has 0 heterocycles. The summed E-state index contributed by atoms with van der Waals surface area (Å²) in [4.78, 5) is 13.7. The average Bonchev–Trinajstić information content (AvgIpc) is 2.83. The number of alkyl halides is 1. The van der Waals surface area contributed by atoms with Crippen LogP contribution in [0.4, 0.5) is 0 Å². The Labute approximate surface area is 257 Å². The summed E-state index contributed by atoms with van der Waals surface area (Å²) in [7, 11) is -4.29. The van der Waals surface area contributed by atoms with Crippen molar-refractivity contribution in [2.24, 2.45) is 0 Å². The van der Waals surface area contributed by atoms with Gasteiger partial charge in [-0.2, -0.15) is 0 Å². The van der Waals surface area contributed by atoms with Crippen LogP contribution in [-0.4, -0.2) is 27.3 Å². The normalized spacial score (nSPS) is 13.4. The molecular formula is C34H50Br2OSi2. The maximum atomic E-state index is 13.7. The molecule has 39 heavy (non-hydrogen) atoms. The summed E-state index contributed by atoms with van der Waals surface area (Å²) in [5.41, 5.74) is 4.20. The van der Waals surface area contributed by atoms with E-state index >= 15 is 0 Å². The van der Waals surface area contributed by atoms with Crippen LogP contribution in [0, 0.1) is 0 Å². The molecule has 0 aliphatic heterocycles. The summed E-state index contributed by atoms with van der Waals surface area (Å²) in [5.74, 6) is 0.189. The molecule has 3 aromatic carbocycles. The number of fused-ring (bicyclic) bond motifs is 2. The molecule has 0 aromatic heterocycles. The smallest absolute Gasteiger partial charge is 0.173 e. The van der Waals surface area contributed by atoms with E-state index in [9.17, 15) is 4.79 Å². The number of benzene rings is 3. The van der Waals surface area contributed by atoms with Gasteiger partial charge in [-0.15, -0.1) is 0 Å². The summed E-state index contributed by atoms with van der Waals surface area (Å²) < 4.78 is 1.14. The third-order valence-corrected chi connectivity index (χ3v) is 25.4. The quantitative estimate of drug-likeness (QED) is 0.0896. The number of rotatable bonds is 10. The highest BCUT2D eigenvalue weighted by atomic mass is 79.9. The lowest BCUT2D eigenvalue weighted by molar-refractivity contribution is 0.102. The number of hydrogen-bond acceptors (Lipinski definition) is 1. The number of ketones is 1. The van der Waals surface area contributed by atoms with Crippen LogP contribution in [0.5, 0.6) is 0 Å². The van der Waals surface area contributed by atoms with Crippen LogP contribution in [0.25, 0.3) is 21.5 Å². The minimum absolute atomic E-state index is 0.189. The second-order valence-electron chi connectivity index (χ2n) is 13.5. The van der Waals surface area contributed by atoms with Crippen LogP contribution in [-0.2, 0) is 0 Å². The fraction of sp³-hybridized carbons (Fsp3) is 0.559. The third kappa shape index (κ3) is 4.99. The first-order valence-electron chi connectivity index (χ1n) is 14.9. The van der Waals surface area contributed by atoms with Crippen molar-refractivity contribution in [3.05, 3.63) is 46.4 Å². The van der Waals surface area contributed by atoms with Crippen LogP contribution in [0.2, 0.25) is 33.2 Å². The highest BCUT2D eigenvalue weighted by Crippen LogP contribution is 2.48. The monoisotopic (exact) mass is 688 g/mol. The summed E-state index contributed by atoms with van der Waals surface area (Å²) in [6.45, 7) is 29.4. The Hall–Kier alpha value is -0.756. The molecule has 1 nitrogen and oxygen atoms in total. The molecule has 0 spiro atoms. The Balaban J connectivity index is 2.93. The largest absolute Gasteiger partial charge is 0.293 e. The highest BCUT2D eigenvalue weighted by Gasteiger charge is 2.50. The van der Waals surface area contributed by atoms with E-state index < -0.39 is 16.1 Å². The predicted octanol–water partition coefficient (Wildman–Crippen LogP) is 11.1. The summed E-state index contributed by atoms with van der Waals surface area (Å²) in [5, 5.41) is 8.89. The molecule has 5 heteroatoms. The zero-order chi connectivity index (χ0) is 29.6. The van der Waals surface area contributed by atoms with Crippen LogP contribution in [0.1, 0.15) is 93.4 Å². The van der Waals surface area contributed by atoms with Gasteiger partial charge in [-0.05, 0) is 77.3 Å². The van der Waals surface area contributed by atoms with E-state index in [4.69, 9.17) is 0 Å².